The summed E-state index contributed by atoms with van der Waals surface area (Å²) in [6.07, 6.45) is 1.82. The van der Waals surface area contributed by atoms with E-state index < -0.39 is 17.7 Å². The van der Waals surface area contributed by atoms with Crippen molar-refractivity contribution < 1.29 is 15.7 Å². The molecule has 0 spiro atoms. The van der Waals surface area contributed by atoms with Crippen LogP contribution in [0, 0.1) is 0 Å². The Morgan fingerprint density at radius 2 is 2.22 bits per heavy atom. The molecular weight excluding hydrogens is 232 g/mol. The molecule has 5 nitrogen and oxygen atoms in total. The van der Waals surface area contributed by atoms with Gasteiger partial charge in [-0.15, -0.1) is 0 Å². The molecule has 0 aliphatic carbocycles. The molecule has 0 aromatic rings. The lowest BCUT2D eigenvalue weighted by atomic mass is 9.96. The number of amides is 2. The van der Waals surface area contributed by atoms with Crippen molar-refractivity contribution in [2.24, 2.45) is 0 Å². The van der Waals surface area contributed by atoms with Gasteiger partial charge >= 0.3 is 6.09 Å². The summed E-state index contributed by atoms with van der Waals surface area (Å²) >= 11 is 0. The van der Waals surface area contributed by atoms with Gasteiger partial charge in [0.25, 0.3) is 0 Å². The molecule has 2 heterocycles. The average Bonchev–Trinajstić information content (AvgIpc) is 2.59. The fourth-order valence-electron chi connectivity index (χ4n) is 2.56. The summed E-state index contributed by atoms with van der Waals surface area (Å²) < 4.78 is 13.7. The molecular formula is C13H22N2O3. The van der Waals surface area contributed by atoms with Crippen molar-refractivity contribution >= 4 is 12.0 Å². The molecule has 102 valence electrons. The Morgan fingerprint density at radius 1 is 1.50 bits per heavy atom. The van der Waals surface area contributed by atoms with Crippen molar-refractivity contribution in [1.82, 2.24) is 10.2 Å². The molecule has 0 aromatic carbocycles. The number of ether oxygens (including phenoxy) is 1. The van der Waals surface area contributed by atoms with E-state index in [0.717, 1.165) is 6.42 Å². The van der Waals surface area contributed by atoms with E-state index in [1.165, 1.54) is 0 Å². The van der Waals surface area contributed by atoms with Crippen LogP contribution in [0.25, 0.3) is 0 Å². The van der Waals surface area contributed by atoms with Gasteiger partial charge in [0.05, 0.1) is 13.4 Å². The first-order valence-corrected chi connectivity index (χ1v) is 6.52. The van der Waals surface area contributed by atoms with Crippen LogP contribution in [-0.2, 0) is 9.53 Å². The Labute approximate surface area is 109 Å². The lowest BCUT2D eigenvalue weighted by molar-refractivity contribution is -0.130. The van der Waals surface area contributed by atoms with Gasteiger partial charge < -0.3 is 15.0 Å². The van der Waals surface area contributed by atoms with Gasteiger partial charge in [0.2, 0.25) is 5.91 Å². The molecule has 2 aliphatic heterocycles. The summed E-state index contributed by atoms with van der Waals surface area (Å²) in [6.45, 7) is 6.06. The highest BCUT2D eigenvalue weighted by Crippen LogP contribution is 2.28. The predicted octanol–water partition coefficient (Wildman–Crippen LogP) is 1.66. The summed E-state index contributed by atoms with van der Waals surface area (Å²) in [6, 6.07) is -1.34. The monoisotopic (exact) mass is 255 g/mol. The molecule has 0 saturated carbocycles. The summed E-state index contributed by atoms with van der Waals surface area (Å²) in [5.41, 5.74) is -0.583. The Hall–Kier alpha value is -1.26. The molecule has 0 aromatic heterocycles. The average molecular weight is 255 g/mol. The first kappa shape index (κ1) is 11.8. The van der Waals surface area contributed by atoms with E-state index in [2.05, 4.69) is 5.32 Å². The van der Waals surface area contributed by atoms with E-state index in [4.69, 9.17) is 6.11 Å². The maximum atomic E-state index is 11.8. The van der Waals surface area contributed by atoms with Gasteiger partial charge in [-0.2, -0.15) is 0 Å². The Bertz CT molecular complexity index is 394. The number of nitrogens with one attached hydrogen (secondary N) is 1. The zero-order chi connectivity index (χ0) is 14.3. The minimum absolute atomic E-state index is 0.0901. The van der Waals surface area contributed by atoms with E-state index in [1.807, 2.05) is 0 Å². The summed E-state index contributed by atoms with van der Waals surface area (Å²) in [5, 5.41) is 2.66. The molecule has 2 amide bonds. The number of hydrogen-bond donors (Lipinski definition) is 1. The standard InChI is InChI=1S/C13H22N2O3/c1-13(2,3)18-12(17)14-9-5-4-8-15-10(9)6-7-11(15)16/h9-10H,4-8H2,1-3H3,(H,14,17)/t9-,10+/m0/s1/i9D. The number of alkyl carbamates (subject to hydrolysis) is 1. The van der Waals surface area contributed by atoms with Gasteiger partial charge in [-0.1, -0.05) is 0 Å². The van der Waals surface area contributed by atoms with Crippen molar-refractivity contribution in [2.45, 2.75) is 64.1 Å². The molecule has 18 heavy (non-hydrogen) atoms. The highest BCUT2D eigenvalue weighted by molar-refractivity contribution is 5.79. The van der Waals surface area contributed by atoms with Crippen LogP contribution in [0.15, 0.2) is 0 Å². The lowest BCUT2D eigenvalue weighted by Gasteiger charge is -2.37. The quantitative estimate of drug-likeness (QED) is 0.775. The predicted molar refractivity (Wildman–Crippen MR) is 67.1 cm³/mol. The molecule has 0 unspecified atom stereocenters. The molecule has 2 fully saturated rings. The minimum Gasteiger partial charge on any atom is -0.444 e. The fourth-order valence-corrected chi connectivity index (χ4v) is 2.56. The number of nitrogens with zero attached hydrogens (tertiary/aromatic N) is 1. The number of carbonyl (C=O) groups is 2. The first-order valence-electron chi connectivity index (χ1n) is 7.02. The first-order chi connectivity index (χ1) is 8.71. The lowest BCUT2D eigenvalue weighted by Crippen LogP contribution is -2.54. The highest BCUT2D eigenvalue weighted by atomic mass is 16.6. The molecule has 0 radical (unpaired) electrons. The molecule has 0 bridgehead atoms. The number of piperidine rings is 1. The van der Waals surface area contributed by atoms with E-state index >= 15 is 0 Å². The van der Waals surface area contributed by atoms with E-state index in [1.54, 1.807) is 25.7 Å². The SMILES string of the molecule is [2H][C@]1(NC(=O)OC(C)(C)C)CCCN2C(=O)CC[C@@H]21. The smallest absolute Gasteiger partial charge is 0.407 e. The van der Waals surface area contributed by atoms with Gasteiger partial charge in [-0.05, 0) is 40.0 Å². The van der Waals surface area contributed by atoms with Crippen LogP contribution in [-0.4, -0.2) is 41.1 Å². The van der Waals surface area contributed by atoms with Gasteiger partial charge in [0.1, 0.15) is 5.60 Å². The normalized spacial score (nSPS) is 32.8. The van der Waals surface area contributed by atoms with Crippen LogP contribution < -0.4 is 5.32 Å². The molecule has 2 atom stereocenters. The summed E-state index contributed by atoms with van der Waals surface area (Å²) in [5.74, 6) is 0.0901. The number of hydrogen-bond acceptors (Lipinski definition) is 3. The van der Waals surface area contributed by atoms with Crippen LogP contribution in [0.4, 0.5) is 4.79 Å². The van der Waals surface area contributed by atoms with Gasteiger partial charge in [-0.3, -0.25) is 4.79 Å². The minimum atomic E-state index is -1.12. The molecule has 2 rings (SSSR count). The highest BCUT2D eigenvalue weighted by Gasteiger charge is 2.39. The van der Waals surface area contributed by atoms with Gasteiger partial charge in [0, 0.05) is 13.0 Å². The van der Waals surface area contributed by atoms with E-state index in [0.29, 0.717) is 25.8 Å². The third kappa shape index (κ3) is 2.94. The number of rotatable bonds is 1. The van der Waals surface area contributed by atoms with Crippen LogP contribution in [0.5, 0.6) is 0 Å². The van der Waals surface area contributed by atoms with Crippen molar-refractivity contribution in [3.05, 3.63) is 0 Å². The van der Waals surface area contributed by atoms with Crippen molar-refractivity contribution in [3.63, 3.8) is 0 Å². The second-order valence-electron chi connectivity index (χ2n) is 5.90. The van der Waals surface area contributed by atoms with Gasteiger partial charge in [0.15, 0.2) is 0 Å². The maximum absolute atomic E-state index is 11.8. The number of carbonyl (C=O) groups excluding carboxylic acids is 2. The van der Waals surface area contributed by atoms with Crippen LogP contribution in [0.1, 0.15) is 47.8 Å². The van der Waals surface area contributed by atoms with Crippen molar-refractivity contribution in [2.75, 3.05) is 6.54 Å². The molecule has 2 saturated heterocycles. The largest absolute Gasteiger partial charge is 0.444 e. The topological polar surface area (TPSA) is 58.6 Å². The second kappa shape index (κ2) is 4.78. The van der Waals surface area contributed by atoms with E-state index in [9.17, 15) is 9.59 Å². The zero-order valence-corrected chi connectivity index (χ0v) is 11.3. The number of fused-ring (bicyclic) bond motifs is 1. The zero-order valence-electron chi connectivity index (χ0n) is 12.3. The summed E-state index contributed by atoms with van der Waals surface area (Å²) in [7, 11) is 0. The fraction of sp³-hybridized carbons (Fsp3) is 0.846. The Kier molecular flexibility index (Phi) is 3.14. The molecule has 2 aliphatic rings. The third-order valence-corrected chi connectivity index (χ3v) is 3.24. The third-order valence-electron chi connectivity index (χ3n) is 3.24. The molecule has 1 N–H and O–H groups in total. The van der Waals surface area contributed by atoms with E-state index in [-0.39, 0.29) is 11.9 Å². The second-order valence-corrected chi connectivity index (χ2v) is 5.90. The van der Waals surface area contributed by atoms with Gasteiger partial charge in [-0.25, -0.2) is 4.79 Å². The molecule has 5 heteroatoms. The van der Waals surface area contributed by atoms with Crippen molar-refractivity contribution in [3.8, 4) is 0 Å². The van der Waals surface area contributed by atoms with Crippen LogP contribution in [0.3, 0.4) is 0 Å². The van der Waals surface area contributed by atoms with Crippen molar-refractivity contribution in [1.29, 1.82) is 0 Å². The Balaban J connectivity index is 2.05. The maximum Gasteiger partial charge on any atom is 0.407 e. The Morgan fingerprint density at radius 3 is 2.89 bits per heavy atom. The van der Waals surface area contributed by atoms with Crippen LogP contribution in [0.2, 0.25) is 0 Å². The van der Waals surface area contributed by atoms with Crippen LogP contribution >= 0.6 is 0 Å². The summed E-state index contributed by atoms with van der Waals surface area (Å²) in [4.78, 5) is 25.3.